The third-order valence-electron chi connectivity index (χ3n) is 2.04. The first-order valence-electron chi connectivity index (χ1n) is 4.48. The molecule has 1 N–H and O–H groups in total. The highest BCUT2D eigenvalue weighted by Crippen LogP contribution is 2.50. The third kappa shape index (κ3) is 2.56. The predicted molar refractivity (Wildman–Crippen MR) is 46.2 cm³/mol. The van der Waals surface area contributed by atoms with Crippen molar-refractivity contribution >= 4 is 10.1 Å². The highest BCUT2D eigenvalue weighted by Gasteiger charge is 2.79. The van der Waals surface area contributed by atoms with Crippen molar-refractivity contribution in [2.24, 2.45) is 0 Å². The Balaban J connectivity index is 5.64. The molecule has 1 atom stereocenters. The van der Waals surface area contributed by atoms with Gasteiger partial charge in [-0.15, -0.1) is 0 Å². The predicted octanol–water partition coefficient (Wildman–Crippen LogP) is 2.88. The first kappa shape index (κ1) is 17.4. The summed E-state index contributed by atoms with van der Waals surface area (Å²) >= 11 is 0. The van der Waals surface area contributed by atoms with Crippen molar-refractivity contribution in [3.8, 4) is 0 Å². The lowest BCUT2D eigenvalue weighted by Gasteiger charge is -2.32. The molecule has 0 aliphatic rings. The second-order valence-corrected chi connectivity index (χ2v) is 4.91. The maximum atomic E-state index is 12.8. The van der Waals surface area contributed by atoms with E-state index in [1.807, 2.05) is 0 Å². The van der Waals surface area contributed by atoms with Gasteiger partial charge in [0.25, 0.3) is 0 Å². The Labute approximate surface area is 97.7 Å². The van der Waals surface area contributed by atoms with Crippen LogP contribution in [0.2, 0.25) is 0 Å². The van der Waals surface area contributed by atoms with Crippen LogP contribution in [0.3, 0.4) is 0 Å². The van der Waals surface area contributed by atoms with Crippen molar-refractivity contribution in [1.29, 1.82) is 0 Å². The zero-order chi connectivity index (χ0) is 15.0. The van der Waals surface area contributed by atoms with E-state index in [-0.39, 0.29) is 6.42 Å². The minimum absolute atomic E-state index is 0.357. The number of halogens is 7. The molecule has 0 aromatic carbocycles. The largest absolute Gasteiger partial charge is 0.438 e. The lowest BCUT2D eigenvalue weighted by molar-refractivity contribution is -0.300. The molecule has 18 heavy (non-hydrogen) atoms. The molecule has 0 aliphatic heterocycles. The van der Waals surface area contributed by atoms with E-state index >= 15 is 0 Å². The van der Waals surface area contributed by atoms with Crippen LogP contribution in [-0.4, -0.2) is 36.2 Å². The Morgan fingerprint density at radius 3 is 1.78 bits per heavy atom. The molecule has 110 valence electrons. The molecule has 0 aliphatic carbocycles. The summed E-state index contributed by atoms with van der Waals surface area (Å²) in [6.07, 6.45) is -5.21. The maximum absolute atomic E-state index is 12.8. The van der Waals surface area contributed by atoms with Crippen LogP contribution in [0, 0.1) is 0 Å². The summed E-state index contributed by atoms with van der Waals surface area (Å²) in [5.74, 6) is -12.5. The molecular weight excluding hydrogens is 297 g/mol. The van der Waals surface area contributed by atoms with Crippen LogP contribution in [-0.2, 0) is 10.1 Å². The molecule has 0 bridgehead atoms. The van der Waals surface area contributed by atoms with E-state index < -0.39 is 39.8 Å². The van der Waals surface area contributed by atoms with Gasteiger partial charge in [0.1, 0.15) is 0 Å². The molecule has 0 aromatic rings. The molecule has 0 heterocycles. The Morgan fingerprint density at radius 2 is 1.50 bits per heavy atom. The molecule has 0 radical (unpaired) electrons. The Bertz CT molecular complexity index is 392. The van der Waals surface area contributed by atoms with Gasteiger partial charge in [0.15, 0.2) is 6.17 Å². The van der Waals surface area contributed by atoms with Crippen LogP contribution in [0.25, 0.3) is 0 Å². The van der Waals surface area contributed by atoms with Gasteiger partial charge in [0, 0.05) is 0 Å². The average molecular weight is 306 g/mol. The normalized spacial score (nSPS) is 16.7. The van der Waals surface area contributed by atoms with Crippen LogP contribution < -0.4 is 0 Å². The minimum atomic E-state index is -6.82. The van der Waals surface area contributed by atoms with Gasteiger partial charge in [0.05, 0.1) is 0 Å². The van der Waals surface area contributed by atoms with Gasteiger partial charge in [0.2, 0.25) is 0 Å². The second-order valence-electron chi connectivity index (χ2n) is 3.45. The summed E-state index contributed by atoms with van der Waals surface area (Å²) in [6, 6.07) is 0. The second kappa shape index (κ2) is 4.83. The molecule has 1 unspecified atom stereocenters. The quantitative estimate of drug-likeness (QED) is 0.606. The average Bonchev–Trinajstić information content (AvgIpc) is 2.15. The van der Waals surface area contributed by atoms with Crippen LogP contribution in [0.4, 0.5) is 30.7 Å². The lowest BCUT2D eigenvalue weighted by Crippen LogP contribution is -2.61. The van der Waals surface area contributed by atoms with Crippen molar-refractivity contribution in [2.75, 3.05) is 0 Å². The molecule has 0 spiro atoms. The first-order chi connectivity index (χ1) is 7.73. The molecule has 0 saturated carbocycles. The van der Waals surface area contributed by atoms with Gasteiger partial charge in [-0.05, 0) is 6.42 Å². The van der Waals surface area contributed by atoms with Gasteiger partial charge in [-0.3, -0.25) is 4.55 Å². The summed E-state index contributed by atoms with van der Waals surface area (Å²) in [4.78, 5) is 0. The highest BCUT2D eigenvalue weighted by atomic mass is 32.2. The van der Waals surface area contributed by atoms with Crippen molar-refractivity contribution in [3.05, 3.63) is 0 Å². The fraction of sp³-hybridized carbons (Fsp3) is 1.00. The van der Waals surface area contributed by atoms with Crippen molar-refractivity contribution in [3.63, 3.8) is 0 Å². The van der Waals surface area contributed by atoms with Gasteiger partial charge >= 0.3 is 27.2 Å². The summed E-state index contributed by atoms with van der Waals surface area (Å²) < 4.78 is 117. The molecule has 0 aromatic heterocycles. The van der Waals surface area contributed by atoms with Gasteiger partial charge in [-0.2, -0.15) is 34.8 Å². The Hall–Kier alpha value is -0.580. The summed E-state index contributed by atoms with van der Waals surface area (Å²) in [6.45, 7) is 1.13. The summed E-state index contributed by atoms with van der Waals surface area (Å²) in [5.41, 5.74) is 0. The van der Waals surface area contributed by atoms with E-state index in [0.717, 1.165) is 6.92 Å². The third-order valence-corrected chi connectivity index (χ3v) is 2.95. The SMILES string of the molecule is CCCC(F)C(F)(F)C(F)(F)C(F)(F)S(=O)(=O)O. The van der Waals surface area contributed by atoms with Crippen LogP contribution in [0.5, 0.6) is 0 Å². The van der Waals surface area contributed by atoms with E-state index in [1.165, 1.54) is 0 Å². The molecule has 0 fully saturated rings. The van der Waals surface area contributed by atoms with Crippen molar-refractivity contribution in [1.82, 2.24) is 0 Å². The molecule has 0 amide bonds. The lowest BCUT2D eigenvalue weighted by atomic mass is 10.0. The molecule has 0 saturated heterocycles. The zero-order valence-electron chi connectivity index (χ0n) is 8.81. The highest BCUT2D eigenvalue weighted by molar-refractivity contribution is 7.87. The fourth-order valence-electron chi connectivity index (χ4n) is 0.987. The number of rotatable bonds is 6. The molecule has 11 heteroatoms. The Kier molecular flexibility index (Phi) is 4.68. The fourth-order valence-corrected chi connectivity index (χ4v) is 1.45. The van der Waals surface area contributed by atoms with Crippen molar-refractivity contribution in [2.45, 2.75) is 43.0 Å². The number of hydrogen-bond acceptors (Lipinski definition) is 2. The molecular formula is C7H9F7O3S. The summed E-state index contributed by atoms with van der Waals surface area (Å²) in [5, 5.41) is -6.50. The van der Waals surface area contributed by atoms with Crippen molar-refractivity contribution < 1.29 is 43.7 Å². The number of alkyl halides is 7. The van der Waals surface area contributed by atoms with E-state index in [9.17, 15) is 39.2 Å². The smallest absolute Gasteiger partial charge is 0.281 e. The first-order valence-corrected chi connectivity index (χ1v) is 5.92. The standard InChI is InChI=1S/C7H9F7O3S/c1-2-3-4(8)5(9,10)6(11,12)7(13,14)18(15,16)17/h4H,2-3H2,1H3,(H,15,16,17). The van der Waals surface area contributed by atoms with E-state index in [4.69, 9.17) is 4.55 Å². The van der Waals surface area contributed by atoms with Crippen LogP contribution in [0.1, 0.15) is 19.8 Å². The zero-order valence-corrected chi connectivity index (χ0v) is 9.63. The van der Waals surface area contributed by atoms with Crippen LogP contribution >= 0.6 is 0 Å². The minimum Gasteiger partial charge on any atom is -0.281 e. The Morgan fingerprint density at radius 1 is 1.11 bits per heavy atom. The van der Waals surface area contributed by atoms with E-state index in [0.29, 0.717) is 0 Å². The summed E-state index contributed by atoms with van der Waals surface area (Å²) in [7, 11) is -6.82. The van der Waals surface area contributed by atoms with Gasteiger partial charge in [-0.25, -0.2) is 4.39 Å². The van der Waals surface area contributed by atoms with E-state index in [2.05, 4.69) is 0 Å². The van der Waals surface area contributed by atoms with Crippen LogP contribution in [0.15, 0.2) is 0 Å². The molecule has 0 rings (SSSR count). The maximum Gasteiger partial charge on any atom is 0.438 e. The van der Waals surface area contributed by atoms with Gasteiger partial charge < -0.3 is 0 Å². The number of hydrogen-bond donors (Lipinski definition) is 1. The topological polar surface area (TPSA) is 54.4 Å². The molecule has 3 nitrogen and oxygen atoms in total. The van der Waals surface area contributed by atoms with Gasteiger partial charge in [-0.1, -0.05) is 13.3 Å². The van der Waals surface area contributed by atoms with E-state index in [1.54, 1.807) is 0 Å². The monoisotopic (exact) mass is 306 g/mol.